The van der Waals surface area contributed by atoms with Crippen molar-refractivity contribution in [2.24, 2.45) is 17.8 Å². The summed E-state index contributed by atoms with van der Waals surface area (Å²) >= 11 is 0. The number of allylic oxidation sites excluding steroid dienone is 1. The Balaban J connectivity index is 1.92. The Labute approximate surface area is 98.7 Å². The van der Waals surface area contributed by atoms with Crippen LogP contribution >= 0.6 is 0 Å². The van der Waals surface area contributed by atoms with Crippen molar-refractivity contribution < 1.29 is 9.84 Å². The second-order valence-corrected chi connectivity index (χ2v) is 5.52. The van der Waals surface area contributed by atoms with Crippen molar-refractivity contribution >= 4 is 0 Å². The van der Waals surface area contributed by atoms with E-state index < -0.39 is 0 Å². The lowest BCUT2D eigenvalue weighted by Gasteiger charge is -2.27. The molecule has 0 aromatic rings. The van der Waals surface area contributed by atoms with Gasteiger partial charge in [0.1, 0.15) is 6.10 Å². The molecule has 1 N–H and O–H groups in total. The van der Waals surface area contributed by atoms with Gasteiger partial charge in [-0.3, -0.25) is 0 Å². The fourth-order valence-electron chi connectivity index (χ4n) is 2.93. The minimum Gasteiger partial charge on any atom is -0.494 e. The maximum Gasteiger partial charge on any atom is 0.102 e. The fourth-order valence-corrected chi connectivity index (χ4v) is 2.93. The van der Waals surface area contributed by atoms with E-state index in [1.165, 1.54) is 31.4 Å². The van der Waals surface area contributed by atoms with E-state index in [0.717, 1.165) is 12.3 Å². The van der Waals surface area contributed by atoms with Gasteiger partial charge in [-0.05, 0) is 38.2 Å². The van der Waals surface area contributed by atoms with Crippen LogP contribution in [0.25, 0.3) is 0 Å². The zero-order valence-corrected chi connectivity index (χ0v) is 10.5. The third-order valence-electron chi connectivity index (χ3n) is 4.18. The maximum absolute atomic E-state index is 8.99. The lowest BCUT2D eigenvalue weighted by molar-refractivity contribution is 0.0890. The summed E-state index contributed by atoms with van der Waals surface area (Å²) in [7, 11) is 0. The highest BCUT2D eigenvalue weighted by Crippen LogP contribution is 2.38. The van der Waals surface area contributed by atoms with Crippen LogP contribution in [0.5, 0.6) is 0 Å². The summed E-state index contributed by atoms with van der Waals surface area (Å²) in [5.74, 6) is 3.20. The zero-order valence-electron chi connectivity index (χ0n) is 10.5. The molecule has 2 unspecified atom stereocenters. The van der Waals surface area contributed by atoms with Gasteiger partial charge >= 0.3 is 0 Å². The largest absolute Gasteiger partial charge is 0.494 e. The lowest BCUT2D eigenvalue weighted by atomic mass is 9.82. The highest BCUT2D eigenvalue weighted by atomic mass is 16.5. The summed E-state index contributed by atoms with van der Waals surface area (Å²) in [6, 6.07) is 0. The molecule has 2 rings (SSSR count). The van der Waals surface area contributed by atoms with Gasteiger partial charge in [-0.25, -0.2) is 0 Å². The third kappa shape index (κ3) is 2.60. The quantitative estimate of drug-likeness (QED) is 0.798. The second-order valence-electron chi connectivity index (χ2n) is 5.52. The molecule has 92 valence electrons. The van der Waals surface area contributed by atoms with Crippen molar-refractivity contribution in [2.45, 2.75) is 52.1 Å². The van der Waals surface area contributed by atoms with Gasteiger partial charge in [0.05, 0.1) is 5.76 Å². The highest BCUT2D eigenvalue weighted by Gasteiger charge is 2.31. The first-order valence-electron chi connectivity index (χ1n) is 6.70. The third-order valence-corrected chi connectivity index (χ3v) is 4.18. The molecule has 1 fully saturated rings. The van der Waals surface area contributed by atoms with E-state index in [-0.39, 0.29) is 12.7 Å². The molecule has 16 heavy (non-hydrogen) atoms. The van der Waals surface area contributed by atoms with Gasteiger partial charge in [0, 0.05) is 18.4 Å². The van der Waals surface area contributed by atoms with Crippen LogP contribution < -0.4 is 0 Å². The van der Waals surface area contributed by atoms with Crippen LogP contribution in [0.2, 0.25) is 0 Å². The molecule has 0 aromatic carbocycles. The molecule has 2 aliphatic rings. The Hall–Kier alpha value is -0.500. The van der Waals surface area contributed by atoms with Crippen molar-refractivity contribution in [1.29, 1.82) is 0 Å². The molecule has 1 saturated carbocycles. The highest BCUT2D eigenvalue weighted by molar-refractivity contribution is 5.09. The molecule has 2 nitrogen and oxygen atoms in total. The van der Waals surface area contributed by atoms with E-state index in [2.05, 4.69) is 19.9 Å². The Morgan fingerprint density at radius 1 is 1.25 bits per heavy atom. The van der Waals surface area contributed by atoms with Crippen molar-refractivity contribution in [1.82, 2.24) is 0 Å². The topological polar surface area (TPSA) is 29.5 Å². The first-order chi connectivity index (χ1) is 7.70. The van der Waals surface area contributed by atoms with E-state index in [1.54, 1.807) is 0 Å². The van der Waals surface area contributed by atoms with E-state index in [4.69, 9.17) is 9.84 Å². The Bertz CT molecular complexity index is 251. The predicted octanol–water partition coefficient (Wildman–Crippen LogP) is 3.11. The summed E-state index contributed by atoms with van der Waals surface area (Å²) < 4.78 is 5.95. The van der Waals surface area contributed by atoms with Gasteiger partial charge in [-0.15, -0.1) is 0 Å². The zero-order chi connectivity index (χ0) is 11.5. The molecule has 2 heteroatoms. The molecule has 2 atom stereocenters. The summed E-state index contributed by atoms with van der Waals surface area (Å²) in [4.78, 5) is 0. The molecular weight excluding hydrogens is 200 g/mol. The monoisotopic (exact) mass is 224 g/mol. The number of hydrogen-bond acceptors (Lipinski definition) is 2. The molecule has 0 aromatic heterocycles. The van der Waals surface area contributed by atoms with Gasteiger partial charge in [0.2, 0.25) is 0 Å². The van der Waals surface area contributed by atoms with E-state index >= 15 is 0 Å². The van der Waals surface area contributed by atoms with Gasteiger partial charge in [-0.1, -0.05) is 19.8 Å². The van der Waals surface area contributed by atoms with E-state index in [0.29, 0.717) is 11.8 Å². The minimum absolute atomic E-state index is 0.265. The molecule has 0 spiro atoms. The average Bonchev–Trinajstić information content (AvgIpc) is 2.62. The molecule has 0 bridgehead atoms. The van der Waals surface area contributed by atoms with E-state index in [1.807, 2.05) is 0 Å². The Kier molecular flexibility index (Phi) is 3.91. The van der Waals surface area contributed by atoms with Crippen molar-refractivity contribution in [3.8, 4) is 0 Å². The van der Waals surface area contributed by atoms with Crippen LogP contribution in [-0.4, -0.2) is 17.8 Å². The fraction of sp³-hybridized carbons (Fsp3) is 0.857. The Morgan fingerprint density at radius 2 is 1.94 bits per heavy atom. The van der Waals surface area contributed by atoms with Crippen LogP contribution in [0, 0.1) is 17.8 Å². The number of rotatable bonds is 3. The standard InChI is InChI=1S/C14H24O2/c1-10-3-5-12(6-4-10)14-9-13(7-8-15)11(2)16-14/h9-13,15H,3-8H2,1-2H3. The van der Waals surface area contributed by atoms with Crippen molar-refractivity contribution in [3.63, 3.8) is 0 Å². The normalized spacial score (nSPS) is 39.3. The second kappa shape index (κ2) is 5.22. The molecule has 0 saturated heterocycles. The van der Waals surface area contributed by atoms with Gasteiger partial charge in [0.15, 0.2) is 0 Å². The number of ether oxygens (including phenoxy) is 1. The van der Waals surface area contributed by atoms with Crippen molar-refractivity contribution in [3.05, 3.63) is 11.8 Å². The molecule has 1 aliphatic heterocycles. The van der Waals surface area contributed by atoms with Crippen LogP contribution in [-0.2, 0) is 4.74 Å². The Morgan fingerprint density at radius 3 is 2.56 bits per heavy atom. The van der Waals surface area contributed by atoms with Crippen LogP contribution in [0.1, 0.15) is 46.0 Å². The molecule has 0 amide bonds. The SMILES string of the molecule is CC1CCC(C2=CC(CCO)C(C)O2)CC1. The van der Waals surface area contributed by atoms with Crippen LogP contribution in [0.3, 0.4) is 0 Å². The minimum atomic E-state index is 0.265. The average molecular weight is 224 g/mol. The predicted molar refractivity (Wildman–Crippen MR) is 64.9 cm³/mol. The molecular formula is C14H24O2. The van der Waals surface area contributed by atoms with Gasteiger partial charge in [0.25, 0.3) is 0 Å². The van der Waals surface area contributed by atoms with Crippen LogP contribution in [0.4, 0.5) is 0 Å². The molecule has 0 radical (unpaired) electrons. The summed E-state index contributed by atoms with van der Waals surface area (Å²) in [5.41, 5.74) is 0. The smallest absolute Gasteiger partial charge is 0.102 e. The van der Waals surface area contributed by atoms with E-state index in [9.17, 15) is 0 Å². The van der Waals surface area contributed by atoms with Crippen molar-refractivity contribution in [2.75, 3.05) is 6.61 Å². The van der Waals surface area contributed by atoms with Gasteiger partial charge < -0.3 is 9.84 Å². The first kappa shape index (κ1) is 12.0. The number of hydrogen-bond donors (Lipinski definition) is 1. The maximum atomic E-state index is 8.99. The lowest BCUT2D eigenvalue weighted by Crippen LogP contribution is -2.16. The number of aliphatic hydroxyl groups excluding tert-OH is 1. The molecule has 1 heterocycles. The first-order valence-corrected chi connectivity index (χ1v) is 6.70. The summed E-state index contributed by atoms with van der Waals surface area (Å²) in [6.07, 6.45) is 8.63. The summed E-state index contributed by atoms with van der Waals surface area (Å²) in [5, 5.41) is 8.99. The summed E-state index contributed by atoms with van der Waals surface area (Å²) in [6.45, 7) is 4.73. The number of aliphatic hydroxyl groups is 1. The van der Waals surface area contributed by atoms with Crippen LogP contribution in [0.15, 0.2) is 11.8 Å². The molecule has 1 aliphatic carbocycles. The van der Waals surface area contributed by atoms with Gasteiger partial charge in [-0.2, -0.15) is 0 Å².